The van der Waals surface area contributed by atoms with Crippen LogP contribution in [-0.4, -0.2) is 44.2 Å². The van der Waals surface area contributed by atoms with E-state index >= 15 is 0 Å². The molecule has 1 unspecified atom stereocenters. The molecule has 0 saturated heterocycles. The van der Waals surface area contributed by atoms with Crippen molar-refractivity contribution >= 4 is 0 Å². The molecule has 4 nitrogen and oxygen atoms in total. The predicted octanol–water partition coefficient (Wildman–Crippen LogP) is -0.251. The van der Waals surface area contributed by atoms with Gasteiger partial charge >= 0.3 is 0 Å². The number of aliphatic hydroxyl groups is 1. The normalized spacial score (nSPS) is 16.0. The lowest BCUT2D eigenvalue weighted by atomic mass is 10.1. The molecule has 0 rings (SSSR count). The fourth-order valence-corrected chi connectivity index (χ4v) is 0.656. The fourth-order valence-electron chi connectivity index (χ4n) is 0.656. The molecule has 4 heteroatoms. The number of methoxy groups -OCH3 is 1. The zero-order valence-electron chi connectivity index (χ0n) is 7.88. The van der Waals surface area contributed by atoms with E-state index in [0.717, 1.165) is 6.42 Å². The number of ether oxygens (including phenoxy) is 2. The van der Waals surface area contributed by atoms with E-state index in [1.807, 2.05) is 0 Å². The van der Waals surface area contributed by atoms with Crippen LogP contribution in [0, 0.1) is 0 Å². The van der Waals surface area contributed by atoms with Crippen LogP contribution < -0.4 is 5.73 Å². The highest BCUT2D eigenvalue weighted by Crippen LogP contribution is 1.98. The molecule has 0 saturated carbocycles. The lowest BCUT2D eigenvalue weighted by molar-refractivity contribution is 0.0513. The van der Waals surface area contributed by atoms with Crippen LogP contribution in [0.15, 0.2) is 0 Å². The summed E-state index contributed by atoms with van der Waals surface area (Å²) in [7, 11) is 1.65. The van der Waals surface area contributed by atoms with Gasteiger partial charge in [0.2, 0.25) is 0 Å². The maximum atomic E-state index is 8.77. The summed E-state index contributed by atoms with van der Waals surface area (Å²) in [5.74, 6) is 0. The summed E-state index contributed by atoms with van der Waals surface area (Å²) in [6, 6.07) is 0. The van der Waals surface area contributed by atoms with Gasteiger partial charge in [-0.2, -0.15) is 0 Å². The van der Waals surface area contributed by atoms with E-state index in [9.17, 15) is 0 Å². The van der Waals surface area contributed by atoms with Gasteiger partial charge in [-0.25, -0.2) is 0 Å². The van der Waals surface area contributed by atoms with Gasteiger partial charge in [-0.1, -0.05) is 0 Å². The van der Waals surface area contributed by atoms with Crippen LogP contribution in [0.5, 0.6) is 0 Å². The lowest BCUT2D eigenvalue weighted by Crippen LogP contribution is -2.44. The second-order valence-electron chi connectivity index (χ2n) is 3.21. The van der Waals surface area contributed by atoms with Gasteiger partial charge in [0, 0.05) is 20.3 Å². The molecule has 0 aliphatic carbocycles. The molecule has 0 aromatic carbocycles. The van der Waals surface area contributed by atoms with Crippen molar-refractivity contribution in [3.63, 3.8) is 0 Å². The van der Waals surface area contributed by atoms with Gasteiger partial charge in [-0.05, 0) is 13.3 Å². The van der Waals surface area contributed by atoms with Gasteiger partial charge in [-0.15, -0.1) is 0 Å². The van der Waals surface area contributed by atoms with Crippen molar-refractivity contribution in [1.82, 2.24) is 0 Å². The first-order valence-electron chi connectivity index (χ1n) is 4.09. The third-order valence-electron chi connectivity index (χ3n) is 1.43. The van der Waals surface area contributed by atoms with Crippen molar-refractivity contribution in [3.8, 4) is 0 Å². The average molecular weight is 177 g/mol. The molecule has 74 valence electrons. The average Bonchev–Trinajstić information content (AvgIpc) is 2.04. The van der Waals surface area contributed by atoms with E-state index in [2.05, 4.69) is 0 Å². The van der Waals surface area contributed by atoms with Gasteiger partial charge in [0.05, 0.1) is 18.8 Å². The molecule has 0 bridgehead atoms. The molecule has 0 spiro atoms. The predicted molar refractivity (Wildman–Crippen MR) is 47.0 cm³/mol. The highest BCUT2D eigenvalue weighted by Gasteiger charge is 2.16. The maximum Gasteiger partial charge on any atom is 0.0665 e. The summed E-state index contributed by atoms with van der Waals surface area (Å²) in [6.45, 7) is 3.40. The van der Waals surface area contributed by atoms with Crippen molar-refractivity contribution in [3.05, 3.63) is 0 Å². The van der Waals surface area contributed by atoms with E-state index in [1.165, 1.54) is 0 Å². The number of hydrogen-bond donors (Lipinski definition) is 2. The summed E-state index contributed by atoms with van der Waals surface area (Å²) in [5, 5.41) is 8.77. The van der Waals surface area contributed by atoms with Crippen LogP contribution in [0.3, 0.4) is 0 Å². The first-order chi connectivity index (χ1) is 5.62. The minimum Gasteiger partial charge on any atom is -0.394 e. The Morgan fingerprint density at radius 1 is 1.42 bits per heavy atom. The second kappa shape index (κ2) is 6.37. The van der Waals surface area contributed by atoms with Crippen LogP contribution in [0.4, 0.5) is 0 Å². The Morgan fingerprint density at radius 3 is 2.58 bits per heavy atom. The van der Waals surface area contributed by atoms with Crippen molar-refractivity contribution in [2.45, 2.75) is 18.9 Å². The maximum absolute atomic E-state index is 8.77. The van der Waals surface area contributed by atoms with Crippen LogP contribution in [0.25, 0.3) is 0 Å². The summed E-state index contributed by atoms with van der Waals surface area (Å²) >= 11 is 0. The van der Waals surface area contributed by atoms with Crippen molar-refractivity contribution in [2.75, 3.05) is 33.5 Å². The van der Waals surface area contributed by atoms with E-state index < -0.39 is 5.54 Å². The Kier molecular flexibility index (Phi) is 6.28. The van der Waals surface area contributed by atoms with Crippen molar-refractivity contribution < 1.29 is 14.6 Å². The minimum absolute atomic E-state index is 0.0583. The van der Waals surface area contributed by atoms with E-state index in [0.29, 0.717) is 19.8 Å². The number of nitrogens with two attached hydrogens (primary N) is 1. The molecular formula is C8H19NO3. The summed E-state index contributed by atoms with van der Waals surface area (Å²) in [5.41, 5.74) is 5.01. The summed E-state index contributed by atoms with van der Waals surface area (Å²) in [4.78, 5) is 0. The molecule has 0 heterocycles. The summed E-state index contributed by atoms with van der Waals surface area (Å²) < 4.78 is 10.1. The molecule has 1 atom stereocenters. The van der Waals surface area contributed by atoms with Gasteiger partial charge in [0.15, 0.2) is 0 Å². The largest absolute Gasteiger partial charge is 0.394 e. The van der Waals surface area contributed by atoms with Gasteiger partial charge in [-0.3, -0.25) is 0 Å². The Hall–Kier alpha value is -0.160. The number of rotatable bonds is 7. The molecule has 0 fully saturated rings. The Balaban J connectivity index is 3.19. The monoisotopic (exact) mass is 177 g/mol. The molecule has 0 radical (unpaired) electrons. The lowest BCUT2D eigenvalue weighted by Gasteiger charge is -2.21. The van der Waals surface area contributed by atoms with E-state index in [4.69, 9.17) is 20.3 Å². The van der Waals surface area contributed by atoms with Crippen molar-refractivity contribution in [2.24, 2.45) is 5.73 Å². The molecule has 3 N–H and O–H groups in total. The highest BCUT2D eigenvalue weighted by molar-refractivity contribution is 4.76. The zero-order valence-corrected chi connectivity index (χ0v) is 7.88. The van der Waals surface area contributed by atoms with E-state index in [1.54, 1.807) is 14.0 Å². The minimum atomic E-state index is -0.618. The second-order valence-corrected chi connectivity index (χ2v) is 3.21. The zero-order chi connectivity index (χ0) is 9.45. The summed E-state index contributed by atoms with van der Waals surface area (Å²) in [6.07, 6.45) is 0.859. The van der Waals surface area contributed by atoms with Gasteiger partial charge < -0.3 is 20.3 Å². The first kappa shape index (κ1) is 11.8. The third-order valence-corrected chi connectivity index (χ3v) is 1.43. The van der Waals surface area contributed by atoms with Gasteiger partial charge in [0.1, 0.15) is 0 Å². The quantitative estimate of drug-likeness (QED) is 0.526. The fraction of sp³-hybridized carbons (Fsp3) is 1.00. The Bertz CT molecular complexity index is 106. The molecule has 0 aliphatic rings. The third kappa shape index (κ3) is 6.54. The Labute approximate surface area is 73.7 Å². The molecule has 0 aromatic rings. The molecule has 12 heavy (non-hydrogen) atoms. The van der Waals surface area contributed by atoms with Crippen molar-refractivity contribution in [1.29, 1.82) is 0 Å². The highest BCUT2D eigenvalue weighted by atomic mass is 16.5. The Morgan fingerprint density at radius 2 is 2.08 bits per heavy atom. The first-order valence-corrected chi connectivity index (χ1v) is 4.09. The molecule has 0 aromatic heterocycles. The number of aliphatic hydroxyl groups excluding tert-OH is 1. The van der Waals surface area contributed by atoms with Crippen LogP contribution >= 0.6 is 0 Å². The molecular weight excluding hydrogens is 158 g/mol. The van der Waals surface area contributed by atoms with E-state index in [-0.39, 0.29) is 6.61 Å². The smallest absolute Gasteiger partial charge is 0.0665 e. The number of hydrogen-bond acceptors (Lipinski definition) is 4. The van der Waals surface area contributed by atoms with Crippen LogP contribution in [0.2, 0.25) is 0 Å². The van der Waals surface area contributed by atoms with Crippen LogP contribution in [-0.2, 0) is 9.47 Å². The standard InChI is InChI=1S/C8H19NO3/c1-8(9,6-10)7-12-5-3-4-11-2/h10H,3-7,9H2,1-2H3. The molecule has 0 aliphatic heterocycles. The SMILES string of the molecule is COCCCOCC(C)(N)CO. The molecule has 0 amide bonds. The van der Waals surface area contributed by atoms with Gasteiger partial charge in [0.25, 0.3) is 0 Å². The topological polar surface area (TPSA) is 64.7 Å². The van der Waals surface area contributed by atoms with Crippen LogP contribution in [0.1, 0.15) is 13.3 Å².